The molecule has 1 fully saturated rings. The number of carbonyl (C=O) groups is 1. The molecule has 4 heteroatoms. The van der Waals surface area contributed by atoms with Crippen molar-refractivity contribution in [2.75, 3.05) is 26.2 Å². The zero-order valence-corrected chi connectivity index (χ0v) is 12.7. The Morgan fingerprint density at radius 3 is 2.55 bits per heavy atom. The summed E-state index contributed by atoms with van der Waals surface area (Å²) in [7, 11) is 0. The summed E-state index contributed by atoms with van der Waals surface area (Å²) in [5.74, 6) is -0.252. The predicted octanol–water partition coefficient (Wildman–Crippen LogP) is 1.43. The number of benzene rings is 1. The van der Waals surface area contributed by atoms with Crippen LogP contribution in [0.3, 0.4) is 0 Å². The molecule has 20 heavy (non-hydrogen) atoms. The SMILES string of the molecule is Cc1cc(C)c(C(C(N)=O)N2CCCNCC2)cc1C. The molecule has 1 aromatic carbocycles. The van der Waals surface area contributed by atoms with Gasteiger partial charge in [0.2, 0.25) is 5.91 Å². The van der Waals surface area contributed by atoms with Crippen molar-refractivity contribution < 1.29 is 4.79 Å². The Morgan fingerprint density at radius 2 is 1.85 bits per heavy atom. The number of hydrogen-bond acceptors (Lipinski definition) is 3. The van der Waals surface area contributed by atoms with Gasteiger partial charge in [0.05, 0.1) is 0 Å². The average molecular weight is 275 g/mol. The highest BCUT2D eigenvalue weighted by Gasteiger charge is 2.27. The van der Waals surface area contributed by atoms with Crippen molar-refractivity contribution in [1.29, 1.82) is 0 Å². The summed E-state index contributed by atoms with van der Waals surface area (Å²) in [5.41, 5.74) is 10.4. The van der Waals surface area contributed by atoms with Crippen LogP contribution in [0.15, 0.2) is 12.1 Å². The molecule has 1 heterocycles. The van der Waals surface area contributed by atoms with Crippen LogP contribution in [0.2, 0.25) is 0 Å². The van der Waals surface area contributed by atoms with Crippen molar-refractivity contribution in [3.63, 3.8) is 0 Å². The molecule has 0 aromatic heterocycles. The topological polar surface area (TPSA) is 58.4 Å². The number of nitrogens with one attached hydrogen (secondary N) is 1. The van der Waals surface area contributed by atoms with Crippen LogP contribution in [-0.2, 0) is 4.79 Å². The van der Waals surface area contributed by atoms with Crippen LogP contribution in [0.25, 0.3) is 0 Å². The summed E-state index contributed by atoms with van der Waals surface area (Å²) in [4.78, 5) is 14.2. The second-order valence-corrected chi connectivity index (χ2v) is 5.74. The van der Waals surface area contributed by atoms with Gasteiger partial charge in [0.15, 0.2) is 0 Å². The third kappa shape index (κ3) is 3.19. The average Bonchev–Trinajstić information content (AvgIpc) is 2.64. The largest absolute Gasteiger partial charge is 0.368 e. The number of nitrogens with two attached hydrogens (primary N) is 1. The molecular weight excluding hydrogens is 250 g/mol. The zero-order valence-electron chi connectivity index (χ0n) is 12.7. The van der Waals surface area contributed by atoms with Crippen LogP contribution in [0, 0.1) is 20.8 Å². The summed E-state index contributed by atoms with van der Waals surface area (Å²) >= 11 is 0. The fourth-order valence-corrected chi connectivity index (χ4v) is 2.93. The molecule has 0 radical (unpaired) electrons. The molecule has 110 valence electrons. The van der Waals surface area contributed by atoms with Gasteiger partial charge in [-0.25, -0.2) is 0 Å². The van der Waals surface area contributed by atoms with Gasteiger partial charge in [-0.2, -0.15) is 0 Å². The van der Waals surface area contributed by atoms with Crippen LogP contribution < -0.4 is 11.1 Å². The van der Waals surface area contributed by atoms with Gasteiger partial charge in [0, 0.05) is 19.6 Å². The molecule has 1 amide bonds. The van der Waals surface area contributed by atoms with E-state index in [2.05, 4.69) is 43.1 Å². The number of aryl methyl sites for hydroxylation is 3. The first-order valence-electron chi connectivity index (χ1n) is 7.32. The van der Waals surface area contributed by atoms with E-state index in [0.717, 1.165) is 43.7 Å². The molecule has 1 atom stereocenters. The lowest BCUT2D eigenvalue weighted by molar-refractivity contribution is -0.123. The van der Waals surface area contributed by atoms with Crippen LogP contribution >= 0.6 is 0 Å². The van der Waals surface area contributed by atoms with Gasteiger partial charge in [-0.05, 0) is 56.0 Å². The molecule has 1 unspecified atom stereocenters. The maximum absolute atomic E-state index is 12.0. The van der Waals surface area contributed by atoms with E-state index in [1.807, 2.05) is 0 Å². The second-order valence-electron chi connectivity index (χ2n) is 5.74. The van der Waals surface area contributed by atoms with Crippen LogP contribution in [-0.4, -0.2) is 37.0 Å². The van der Waals surface area contributed by atoms with E-state index in [4.69, 9.17) is 5.73 Å². The Balaban J connectivity index is 2.37. The number of nitrogens with zero attached hydrogens (tertiary/aromatic N) is 1. The van der Waals surface area contributed by atoms with Crippen molar-refractivity contribution in [2.45, 2.75) is 33.2 Å². The minimum atomic E-state index is -0.311. The number of rotatable bonds is 3. The van der Waals surface area contributed by atoms with Gasteiger partial charge in [0.1, 0.15) is 6.04 Å². The highest BCUT2D eigenvalue weighted by molar-refractivity contribution is 5.82. The highest BCUT2D eigenvalue weighted by atomic mass is 16.1. The molecule has 1 saturated heterocycles. The smallest absolute Gasteiger partial charge is 0.239 e. The van der Waals surface area contributed by atoms with Gasteiger partial charge in [-0.1, -0.05) is 12.1 Å². The van der Waals surface area contributed by atoms with Crippen molar-refractivity contribution in [3.8, 4) is 0 Å². The zero-order chi connectivity index (χ0) is 14.7. The molecule has 0 bridgehead atoms. The van der Waals surface area contributed by atoms with Gasteiger partial charge in [-0.15, -0.1) is 0 Å². The summed E-state index contributed by atoms with van der Waals surface area (Å²) in [5, 5.41) is 3.36. The number of amides is 1. The molecule has 1 aromatic rings. The molecule has 2 rings (SSSR count). The van der Waals surface area contributed by atoms with Crippen molar-refractivity contribution in [3.05, 3.63) is 34.4 Å². The summed E-state index contributed by atoms with van der Waals surface area (Å²) in [6.45, 7) is 9.93. The van der Waals surface area contributed by atoms with E-state index >= 15 is 0 Å². The second kappa shape index (κ2) is 6.37. The number of primary amides is 1. The molecule has 3 N–H and O–H groups in total. The van der Waals surface area contributed by atoms with E-state index in [-0.39, 0.29) is 11.9 Å². The van der Waals surface area contributed by atoms with Crippen molar-refractivity contribution in [2.24, 2.45) is 5.73 Å². The molecule has 4 nitrogen and oxygen atoms in total. The Kier molecular flexibility index (Phi) is 4.78. The van der Waals surface area contributed by atoms with E-state index in [1.54, 1.807) is 0 Å². The maximum Gasteiger partial charge on any atom is 0.239 e. The van der Waals surface area contributed by atoms with Crippen LogP contribution in [0.1, 0.15) is 34.7 Å². The lowest BCUT2D eigenvalue weighted by Crippen LogP contribution is -2.40. The van der Waals surface area contributed by atoms with Crippen molar-refractivity contribution >= 4 is 5.91 Å². The van der Waals surface area contributed by atoms with Crippen LogP contribution in [0.5, 0.6) is 0 Å². The van der Waals surface area contributed by atoms with E-state index < -0.39 is 0 Å². The lowest BCUT2D eigenvalue weighted by Gasteiger charge is -2.29. The minimum Gasteiger partial charge on any atom is -0.368 e. The Morgan fingerprint density at radius 1 is 1.15 bits per heavy atom. The predicted molar refractivity (Wildman–Crippen MR) is 81.6 cm³/mol. The van der Waals surface area contributed by atoms with Gasteiger partial charge in [-0.3, -0.25) is 9.69 Å². The molecule has 0 aliphatic carbocycles. The molecule has 1 aliphatic rings. The standard InChI is InChI=1S/C16H25N3O/c1-11-9-13(3)14(10-12(11)2)15(16(17)20)19-7-4-5-18-6-8-19/h9-10,15,18H,4-8H2,1-3H3,(H2,17,20). The molecular formula is C16H25N3O. The first-order valence-corrected chi connectivity index (χ1v) is 7.32. The Hall–Kier alpha value is -1.39. The highest BCUT2D eigenvalue weighted by Crippen LogP contribution is 2.27. The van der Waals surface area contributed by atoms with Gasteiger partial charge < -0.3 is 11.1 Å². The quantitative estimate of drug-likeness (QED) is 0.877. The first kappa shape index (κ1) is 15.0. The summed E-state index contributed by atoms with van der Waals surface area (Å²) in [6.07, 6.45) is 1.05. The minimum absolute atomic E-state index is 0.252. The summed E-state index contributed by atoms with van der Waals surface area (Å²) < 4.78 is 0. The maximum atomic E-state index is 12.0. The fourth-order valence-electron chi connectivity index (χ4n) is 2.93. The lowest BCUT2D eigenvalue weighted by atomic mass is 9.94. The third-order valence-electron chi connectivity index (χ3n) is 4.19. The van der Waals surface area contributed by atoms with E-state index in [1.165, 1.54) is 11.1 Å². The Bertz CT molecular complexity index is 491. The normalized spacial score (nSPS) is 18.6. The number of carbonyl (C=O) groups excluding carboxylic acids is 1. The van der Waals surface area contributed by atoms with E-state index in [9.17, 15) is 4.79 Å². The monoisotopic (exact) mass is 275 g/mol. The first-order chi connectivity index (χ1) is 9.50. The summed E-state index contributed by atoms with van der Waals surface area (Å²) in [6, 6.07) is 3.96. The fraction of sp³-hybridized carbons (Fsp3) is 0.562. The molecule has 1 aliphatic heterocycles. The van der Waals surface area contributed by atoms with E-state index in [0.29, 0.717) is 0 Å². The molecule has 0 saturated carbocycles. The van der Waals surface area contributed by atoms with Gasteiger partial charge in [0.25, 0.3) is 0 Å². The number of hydrogen-bond donors (Lipinski definition) is 2. The van der Waals surface area contributed by atoms with Crippen LogP contribution in [0.4, 0.5) is 0 Å². The van der Waals surface area contributed by atoms with Gasteiger partial charge >= 0.3 is 0 Å². The third-order valence-corrected chi connectivity index (χ3v) is 4.19. The Labute approximate surface area is 121 Å². The molecule has 0 spiro atoms. The van der Waals surface area contributed by atoms with Crippen molar-refractivity contribution in [1.82, 2.24) is 10.2 Å².